The molecule has 0 fully saturated rings. The predicted molar refractivity (Wildman–Crippen MR) is 116 cm³/mol. The van der Waals surface area contributed by atoms with E-state index in [0.717, 1.165) is 5.02 Å². The predicted octanol–water partition coefficient (Wildman–Crippen LogP) is 7.94. The molecule has 0 saturated carbocycles. The third kappa shape index (κ3) is 3.01. The largest absolute Gasteiger partial charge is 0.308 e. The van der Waals surface area contributed by atoms with Gasteiger partial charge >= 0.3 is 0 Å². The SMILES string of the molecule is Clc1ccc(-c2ccc3c(c2)Sc2ccccc2N3c2ccccc2)cc1. The van der Waals surface area contributed by atoms with Crippen LogP contribution in [0.1, 0.15) is 0 Å². The summed E-state index contributed by atoms with van der Waals surface area (Å²) in [7, 11) is 0. The molecule has 1 nitrogen and oxygen atoms in total. The number of hydrogen-bond acceptors (Lipinski definition) is 2. The van der Waals surface area contributed by atoms with E-state index in [1.54, 1.807) is 0 Å². The lowest BCUT2D eigenvalue weighted by molar-refractivity contribution is 1.17. The van der Waals surface area contributed by atoms with Crippen LogP contribution in [0.15, 0.2) is 107 Å². The Morgan fingerprint density at radius 3 is 2.07 bits per heavy atom. The van der Waals surface area contributed by atoms with Gasteiger partial charge in [0, 0.05) is 20.5 Å². The average Bonchev–Trinajstić information content (AvgIpc) is 2.73. The zero-order chi connectivity index (χ0) is 18.2. The first-order chi connectivity index (χ1) is 13.3. The van der Waals surface area contributed by atoms with E-state index in [9.17, 15) is 0 Å². The molecule has 0 bridgehead atoms. The summed E-state index contributed by atoms with van der Waals surface area (Å²) >= 11 is 7.87. The van der Waals surface area contributed by atoms with Crippen molar-refractivity contribution in [3.63, 3.8) is 0 Å². The Labute approximate surface area is 168 Å². The summed E-state index contributed by atoms with van der Waals surface area (Å²) in [6, 6.07) is 33.8. The van der Waals surface area contributed by atoms with Gasteiger partial charge in [0.15, 0.2) is 0 Å². The molecular formula is C24H16ClNS. The van der Waals surface area contributed by atoms with E-state index in [1.165, 1.54) is 38.0 Å². The zero-order valence-corrected chi connectivity index (χ0v) is 16.0. The van der Waals surface area contributed by atoms with E-state index in [4.69, 9.17) is 11.6 Å². The third-order valence-corrected chi connectivity index (χ3v) is 6.08. The van der Waals surface area contributed by atoms with Gasteiger partial charge in [0.05, 0.1) is 11.4 Å². The minimum atomic E-state index is 0.760. The van der Waals surface area contributed by atoms with Crippen LogP contribution in [0.25, 0.3) is 11.1 Å². The number of rotatable bonds is 2. The highest BCUT2D eigenvalue weighted by atomic mass is 35.5. The Kier molecular flexibility index (Phi) is 4.16. The van der Waals surface area contributed by atoms with Crippen LogP contribution >= 0.6 is 23.4 Å². The van der Waals surface area contributed by atoms with Crippen molar-refractivity contribution in [1.82, 2.24) is 0 Å². The van der Waals surface area contributed by atoms with E-state index in [2.05, 4.69) is 89.8 Å². The number of anilines is 3. The van der Waals surface area contributed by atoms with Crippen LogP contribution in [0.3, 0.4) is 0 Å². The Morgan fingerprint density at radius 1 is 0.593 bits per heavy atom. The van der Waals surface area contributed by atoms with Gasteiger partial charge in [-0.15, -0.1) is 0 Å². The first-order valence-electron chi connectivity index (χ1n) is 8.82. The number of halogens is 1. The van der Waals surface area contributed by atoms with Gasteiger partial charge in [0.25, 0.3) is 0 Å². The van der Waals surface area contributed by atoms with Crippen molar-refractivity contribution in [3.05, 3.63) is 102 Å². The van der Waals surface area contributed by atoms with Crippen LogP contribution in [0.4, 0.5) is 17.1 Å². The van der Waals surface area contributed by atoms with Crippen LogP contribution in [0.2, 0.25) is 5.02 Å². The summed E-state index contributed by atoms with van der Waals surface area (Å²) < 4.78 is 0. The molecule has 1 aliphatic heterocycles. The Balaban J connectivity index is 1.66. The summed E-state index contributed by atoms with van der Waals surface area (Å²) in [5.74, 6) is 0. The molecule has 0 aliphatic carbocycles. The minimum Gasteiger partial charge on any atom is -0.308 e. The maximum absolute atomic E-state index is 6.05. The monoisotopic (exact) mass is 385 g/mol. The van der Waals surface area contributed by atoms with Crippen molar-refractivity contribution >= 4 is 40.4 Å². The highest BCUT2D eigenvalue weighted by Gasteiger charge is 2.24. The lowest BCUT2D eigenvalue weighted by Gasteiger charge is -2.33. The van der Waals surface area contributed by atoms with Crippen LogP contribution in [0.5, 0.6) is 0 Å². The van der Waals surface area contributed by atoms with Gasteiger partial charge in [0.2, 0.25) is 0 Å². The Bertz CT molecular complexity index is 1110. The van der Waals surface area contributed by atoms with E-state index in [1.807, 2.05) is 23.9 Å². The van der Waals surface area contributed by atoms with Gasteiger partial charge in [-0.3, -0.25) is 0 Å². The van der Waals surface area contributed by atoms with Gasteiger partial charge in [-0.1, -0.05) is 71.9 Å². The van der Waals surface area contributed by atoms with Crippen molar-refractivity contribution in [1.29, 1.82) is 0 Å². The summed E-state index contributed by atoms with van der Waals surface area (Å²) in [6.07, 6.45) is 0. The van der Waals surface area contributed by atoms with Crippen molar-refractivity contribution in [2.45, 2.75) is 9.79 Å². The maximum Gasteiger partial charge on any atom is 0.0602 e. The van der Waals surface area contributed by atoms with E-state index in [0.29, 0.717) is 0 Å². The summed E-state index contributed by atoms with van der Waals surface area (Å²) in [6.45, 7) is 0. The molecule has 0 amide bonds. The molecule has 1 aliphatic rings. The molecule has 3 heteroatoms. The molecule has 27 heavy (non-hydrogen) atoms. The molecule has 4 aromatic rings. The zero-order valence-electron chi connectivity index (χ0n) is 14.5. The second-order valence-corrected chi connectivity index (χ2v) is 7.95. The Hall–Kier alpha value is -2.68. The maximum atomic E-state index is 6.05. The van der Waals surface area contributed by atoms with Gasteiger partial charge in [0.1, 0.15) is 0 Å². The summed E-state index contributed by atoms with van der Waals surface area (Å²) in [4.78, 5) is 4.86. The molecule has 1 heterocycles. The second kappa shape index (κ2) is 6.80. The van der Waals surface area contributed by atoms with Crippen LogP contribution in [-0.4, -0.2) is 0 Å². The lowest BCUT2D eigenvalue weighted by Crippen LogP contribution is -2.14. The highest BCUT2D eigenvalue weighted by Crippen LogP contribution is 2.51. The number of hydrogen-bond donors (Lipinski definition) is 0. The second-order valence-electron chi connectivity index (χ2n) is 6.43. The molecule has 4 aromatic carbocycles. The molecule has 130 valence electrons. The lowest BCUT2D eigenvalue weighted by atomic mass is 10.0. The van der Waals surface area contributed by atoms with Crippen LogP contribution in [-0.2, 0) is 0 Å². The first-order valence-corrected chi connectivity index (χ1v) is 10.0. The van der Waals surface area contributed by atoms with Crippen molar-refractivity contribution < 1.29 is 0 Å². The third-order valence-electron chi connectivity index (χ3n) is 4.72. The molecular weight excluding hydrogens is 370 g/mol. The molecule has 5 rings (SSSR count). The summed E-state index contributed by atoms with van der Waals surface area (Å²) in [5.41, 5.74) is 5.98. The topological polar surface area (TPSA) is 3.24 Å². The number of para-hydroxylation sites is 2. The highest BCUT2D eigenvalue weighted by molar-refractivity contribution is 7.99. The fraction of sp³-hybridized carbons (Fsp3) is 0. The van der Waals surface area contributed by atoms with Crippen molar-refractivity contribution in [3.8, 4) is 11.1 Å². The van der Waals surface area contributed by atoms with Gasteiger partial charge in [-0.05, 0) is 59.7 Å². The van der Waals surface area contributed by atoms with E-state index < -0.39 is 0 Å². The molecule has 0 atom stereocenters. The summed E-state index contributed by atoms with van der Waals surface area (Å²) in [5, 5.41) is 0.760. The van der Waals surface area contributed by atoms with Gasteiger partial charge in [-0.25, -0.2) is 0 Å². The molecule has 0 unspecified atom stereocenters. The first kappa shape index (κ1) is 16.5. The molecule has 0 saturated heterocycles. The number of nitrogens with zero attached hydrogens (tertiary/aromatic N) is 1. The molecule has 0 spiro atoms. The smallest absolute Gasteiger partial charge is 0.0602 e. The minimum absolute atomic E-state index is 0.760. The normalized spacial score (nSPS) is 12.4. The molecule has 0 N–H and O–H groups in total. The fourth-order valence-corrected chi connectivity index (χ4v) is 4.66. The van der Waals surface area contributed by atoms with Crippen LogP contribution in [0, 0.1) is 0 Å². The fourth-order valence-electron chi connectivity index (χ4n) is 3.43. The molecule has 0 aromatic heterocycles. The van der Waals surface area contributed by atoms with E-state index in [-0.39, 0.29) is 0 Å². The van der Waals surface area contributed by atoms with Gasteiger partial charge < -0.3 is 4.90 Å². The van der Waals surface area contributed by atoms with E-state index >= 15 is 0 Å². The standard InChI is InChI=1S/C24H16ClNS/c25-19-13-10-17(11-14-19)18-12-15-22-24(16-18)27-23-9-5-4-8-21(23)26(22)20-6-2-1-3-7-20/h1-16H. The van der Waals surface area contributed by atoms with Crippen molar-refractivity contribution in [2.24, 2.45) is 0 Å². The Morgan fingerprint density at radius 2 is 1.26 bits per heavy atom. The van der Waals surface area contributed by atoms with Gasteiger partial charge in [-0.2, -0.15) is 0 Å². The molecule has 0 radical (unpaired) electrons. The number of fused-ring (bicyclic) bond motifs is 2. The average molecular weight is 386 g/mol. The van der Waals surface area contributed by atoms with Crippen molar-refractivity contribution in [2.75, 3.05) is 4.90 Å². The number of benzene rings is 4. The quantitative estimate of drug-likeness (QED) is 0.303. The van der Waals surface area contributed by atoms with Crippen LogP contribution < -0.4 is 4.90 Å².